The van der Waals surface area contributed by atoms with Crippen molar-refractivity contribution in [1.82, 2.24) is 0 Å². The number of rotatable bonds is 3. The molecule has 0 aliphatic heterocycles. The van der Waals surface area contributed by atoms with Crippen LogP contribution in [0.25, 0.3) is 18.2 Å². The molecule has 0 fully saturated rings. The molecule has 1 heteroatoms. The first-order valence-corrected chi connectivity index (χ1v) is 7.52. The van der Waals surface area contributed by atoms with Crippen LogP contribution in [0.5, 0.6) is 0 Å². The van der Waals surface area contributed by atoms with Gasteiger partial charge in [0, 0.05) is 9.41 Å². The predicted octanol–water partition coefficient (Wildman–Crippen LogP) is 4.03. The Morgan fingerprint density at radius 3 is 2.61 bits per heavy atom. The molecule has 0 radical (unpaired) electrons. The molecule has 0 nitrogen and oxygen atoms in total. The lowest BCUT2D eigenvalue weighted by Gasteiger charge is -2.03. The molecule has 1 aromatic heterocycles. The Kier molecular flexibility index (Phi) is 4.23. The lowest BCUT2D eigenvalue weighted by atomic mass is 10.0. The second kappa shape index (κ2) is 5.71. The van der Waals surface area contributed by atoms with Crippen LogP contribution in [0.2, 0.25) is 0 Å². The van der Waals surface area contributed by atoms with Gasteiger partial charge < -0.3 is 0 Å². The Bertz CT molecular complexity index is 605. The molecule has 0 aromatic carbocycles. The minimum atomic E-state index is 1.09. The molecule has 1 aliphatic carbocycles. The molecule has 1 aromatic rings. The molecule has 1 aliphatic rings. The maximum absolute atomic E-state index is 2.42. The molecule has 96 valence electrons. The third-order valence-corrected chi connectivity index (χ3v) is 4.51. The van der Waals surface area contributed by atoms with Crippen LogP contribution in [0.4, 0.5) is 0 Å². The summed E-state index contributed by atoms with van der Waals surface area (Å²) < 4.78 is 1.48. The smallest absolute Gasteiger partial charge is 0.0317 e. The average molecular weight is 258 g/mol. The van der Waals surface area contributed by atoms with Crippen LogP contribution in [-0.2, 0) is 6.42 Å². The predicted molar refractivity (Wildman–Crippen MR) is 84.2 cm³/mol. The van der Waals surface area contributed by atoms with Gasteiger partial charge in [0.25, 0.3) is 0 Å². The van der Waals surface area contributed by atoms with Gasteiger partial charge in [-0.3, -0.25) is 0 Å². The van der Waals surface area contributed by atoms with Gasteiger partial charge in [-0.25, -0.2) is 0 Å². The van der Waals surface area contributed by atoms with E-state index < -0.39 is 0 Å². The monoisotopic (exact) mass is 258 g/mol. The minimum Gasteiger partial charge on any atom is -0.136 e. The van der Waals surface area contributed by atoms with Gasteiger partial charge in [0.1, 0.15) is 0 Å². The lowest BCUT2D eigenvalue weighted by Crippen LogP contribution is -2.24. The molecule has 1 heterocycles. The molecule has 0 amide bonds. The summed E-state index contributed by atoms with van der Waals surface area (Å²) in [5, 5.41) is 1.50. The molecule has 0 bridgehead atoms. The topological polar surface area (TPSA) is 0 Å². The van der Waals surface area contributed by atoms with Crippen LogP contribution < -0.4 is 9.75 Å². The molecule has 0 spiro atoms. The number of hydrogen-bond acceptors (Lipinski definition) is 1. The second-order valence-corrected chi connectivity index (χ2v) is 6.33. The Balaban J connectivity index is 2.61. The van der Waals surface area contributed by atoms with E-state index in [4.69, 9.17) is 0 Å². The third kappa shape index (κ3) is 2.84. The summed E-state index contributed by atoms with van der Waals surface area (Å²) >= 11 is 1.95. The van der Waals surface area contributed by atoms with Crippen LogP contribution in [0.15, 0.2) is 17.2 Å². The average Bonchev–Trinajstić information content (AvgIpc) is 2.66. The van der Waals surface area contributed by atoms with Gasteiger partial charge in [-0.2, -0.15) is 0 Å². The molecule has 0 saturated carbocycles. The summed E-state index contributed by atoms with van der Waals surface area (Å²) in [6, 6.07) is 0. The molecular weight excluding hydrogens is 236 g/mol. The van der Waals surface area contributed by atoms with E-state index in [1.165, 1.54) is 44.2 Å². The number of hydrogen-bond donors (Lipinski definition) is 0. The van der Waals surface area contributed by atoms with Crippen molar-refractivity contribution in [3.63, 3.8) is 0 Å². The van der Waals surface area contributed by atoms with Gasteiger partial charge in [-0.1, -0.05) is 29.4 Å². The zero-order valence-electron chi connectivity index (χ0n) is 11.8. The van der Waals surface area contributed by atoms with Crippen molar-refractivity contribution < 1.29 is 0 Å². The lowest BCUT2D eigenvalue weighted by molar-refractivity contribution is 1.09. The fourth-order valence-corrected chi connectivity index (χ4v) is 3.63. The Labute approximate surface area is 114 Å². The van der Waals surface area contributed by atoms with Gasteiger partial charge in [0.05, 0.1) is 0 Å². The van der Waals surface area contributed by atoms with E-state index in [1.807, 2.05) is 11.3 Å². The zero-order chi connectivity index (χ0) is 13.1. The Morgan fingerprint density at radius 2 is 1.94 bits per heavy atom. The molecule has 0 N–H and O–H groups in total. The summed E-state index contributed by atoms with van der Waals surface area (Å²) in [5.74, 6) is 0. The molecule has 0 unspecified atom stereocenters. The van der Waals surface area contributed by atoms with Crippen molar-refractivity contribution in [3.8, 4) is 0 Å². The van der Waals surface area contributed by atoms with Crippen molar-refractivity contribution in [1.29, 1.82) is 0 Å². The number of allylic oxidation sites excluding steroid dienone is 3. The Morgan fingerprint density at radius 1 is 1.22 bits per heavy atom. The van der Waals surface area contributed by atoms with Crippen molar-refractivity contribution in [3.05, 3.63) is 37.4 Å². The molecule has 18 heavy (non-hydrogen) atoms. The van der Waals surface area contributed by atoms with Gasteiger partial charge in [-0.05, 0) is 63.8 Å². The molecule has 0 saturated heterocycles. The van der Waals surface area contributed by atoms with E-state index >= 15 is 0 Å². The normalized spacial score (nSPS) is 14.6. The summed E-state index contributed by atoms with van der Waals surface area (Å²) in [5.41, 5.74) is 4.37. The van der Waals surface area contributed by atoms with E-state index in [2.05, 4.69) is 52.0 Å². The molecule has 0 atom stereocenters. The van der Waals surface area contributed by atoms with E-state index in [1.54, 1.807) is 0 Å². The summed E-state index contributed by atoms with van der Waals surface area (Å²) in [6.45, 7) is 8.71. The highest BCUT2D eigenvalue weighted by Gasteiger charge is 2.09. The number of fused-ring (bicyclic) bond motifs is 1. The van der Waals surface area contributed by atoms with Crippen LogP contribution in [-0.4, -0.2) is 0 Å². The summed E-state index contributed by atoms with van der Waals surface area (Å²) in [6.07, 6.45) is 12.9. The fraction of sp³-hybridized carbons (Fsp3) is 0.412. The SMILES string of the molecule is CC=C(C)Cc1c(C=C(C)C)sc2c1=CCCC=2. The Hall–Kier alpha value is -1.08. The van der Waals surface area contributed by atoms with Crippen molar-refractivity contribution in [2.45, 2.75) is 47.0 Å². The van der Waals surface area contributed by atoms with E-state index in [9.17, 15) is 0 Å². The van der Waals surface area contributed by atoms with E-state index in [0.29, 0.717) is 0 Å². The first-order chi connectivity index (χ1) is 8.61. The minimum absolute atomic E-state index is 1.09. The maximum Gasteiger partial charge on any atom is 0.0317 e. The van der Waals surface area contributed by atoms with E-state index in [-0.39, 0.29) is 0 Å². The van der Waals surface area contributed by atoms with Gasteiger partial charge in [0.2, 0.25) is 0 Å². The second-order valence-electron chi connectivity index (χ2n) is 5.24. The van der Waals surface area contributed by atoms with Crippen molar-refractivity contribution in [2.75, 3.05) is 0 Å². The molecular formula is C17H22S. The fourth-order valence-electron chi connectivity index (χ4n) is 2.28. The molecule has 2 rings (SSSR count). The highest BCUT2D eigenvalue weighted by atomic mass is 32.1. The summed E-state index contributed by atoms with van der Waals surface area (Å²) in [7, 11) is 0. The first kappa shape index (κ1) is 13.4. The highest BCUT2D eigenvalue weighted by molar-refractivity contribution is 7.11. The van der Waals surface area contributed by atoms with Crippen LogP contribution in [0.1, 0.15) is 51.0 Å². The van der Waals surface area contributed by atoms with Crippen LogP contribution >= 0.6 is 11.3 Å². The van der Waals surface area contributed by atoms with Crippen molar-refractivity contribution >= 4 is 29.6 Å². The largest absolute Gasteiger partial charge is 0.136 e. The standard InChI is InChI=1S/C17H22S/c1-5-13(4)11-15-14-8-6-7-9-16(14)18-17(15)10-12(2)3/h5,8-10H,6-7,11H2,1-4H3. The first-order valence-electron chi connectivity index (χ1n) is 6.70. The van der Waals surface area contributed by atoms with Crippen LogP contribution in [0.3, 0.4) is 0 Å². The zero-order valence-corrected chi connectivity index (χ0v) is 12.7. The number of thiophene rings is 1. The maximum atomic E-state index is 2.42. The van der Waals surface area contributed by atoms with Gasteiger partial charge in [0.15, 0.2) is 0 Å². The van der Waals surface area contributed by atoms with Gasteiger partial charge in [-0.15, -0.1) is 11.3 Å². The third-order valence-electron chi connectivity index (χ3n) is 3.32. The quantitative estimate of drug-likeness (QED) is 0.718. The van der Waals surface area contributed by atoms with Crippen LogP contribution in [0, 0.1) is 0 Å². The van der Waals surface area contributed by atoms with E-state index in [0.717, 1.165) is 6.42 Å². The highest BCUT2D eigenvalue weighted by Crippen LogP contribution is 2.18. The summed E-state index contributed by atoms with van der Waals surface area (Å²) in [4.78, 5) is 1.45. The van der Waals surface area contributed by atoms with Gasteiger partial charge >= 0.3 is 0 Å². The van der Waals surface area contributed by atoms with Crippen molar-refractivity contribution in [2.24, 2.45) is 0 Å².